The number of fused-ring (bicyclic) bond motifs is 1. The van der Waals surface area contributed by atoms with Gasteiger partial charge >= 0.3 is 0 Å². The quantitative estimate of drug-likeness (QED) is 0.871. The molecule has 0 radical (unpaired) electrons. The van der Waals surface area contributed by atoms with E-state index in [1.54, 1.807) is 7.11 Å². The number of aromatic nitrogens is 1. The van der Waals surface area contributed by atoms with Crippen molar-refractivity contribution < 1.29 is 4.74 Å². The van der Waals surface area contributed by atoms with E-state index in [1.165, 1.54) is 22.2 Å². The highest BCUT2D eigenvalue weighted by Gasteiger charge is 2.14. The molecule has 0 bridgehead atoms. The molecule has 1 atom stereocenters. The van der Waals surface area contributed by atoms with E-state index in [2.05, 4.69) is 31.8 Å². The van der Waals surface area contributed by atoms with Gasteiger partial charge in [0.25, 0.3) is 0 Å². The second-order valence-corrected chi connectivity index (χ2v) is 5.08. The molecule has 1 aromatic heterocycles. The van der Waals surface area contributed by atoms with Crippen molar-refractivity contribution in [2.45, 2.75) is 39.7 Å². The Hall–Kier alpha value is -1.48. The third-order valence-electron chi connectivity index (χ3n) is 3.51. The monoisotopic (exact) mass is 246 g/mol. The van der Waals surface area contributed by atoms with Crippen LogP contribution in [0.3, 0.4) is 0 Å². The van der Waals surface area contributed by atoms with Crippen molar-refractivity contribution in [3.05, 3.63) is 29.0 Å². The minimum Gasteiger partial charge on any atom is -0.495 e. The lowest BCUT2D eigenvalue weighted by Gasteiger charge is -2.08. The van der Waals surface area contributed by atoms with E-state index in [0.29, 0.717) is 0 Å². The third-order valence-corrected chi connectivity index (χ3v) is 3.51. The molecule has 0 fully saturated rings. The van der Waals surface area contributed by atoms with Gasteiger partial charge in [0.1, 0.15) is 5.75 Å². The Morgan fingerprint density at radius 1 is 1.33 bits per heavy atom. The molecule has 0 aliphatic heterocycles. The van der Waals surface area contributed by atoms with Crippen LogP contribution >= 0.6 is 0 Å². The van der Waals surface area contributed by atoms with Gasteiger partial charge in [0.05, 0.1) is 12.6 Å². The highest BCUT2D eigenvalue weighted by Crippen LogP contribution is 2.33. The van der Waals surface area contributed by atoms with Gasteiger partial charge < -0.3 is 15.5 Å². The zero-order chi connectivity index (χ0) is 13.3. The number of aromatic amines is 1. The lowest BCUT2D eigenvalue weighted by atomic mass is 10.00. The van der Waals surface area contributed by atoms with Crippen molar-refractivity contribution in [2.75, 3.05) is 7.11 Å². The van der Waals surface area contributed by atoms with Gasteiger partial charge in [-0.05, 0) is 50.8 Å². The lowest BCUT2D eigenvalue weighted by Crippen LogP contribution is -2.15. The summed E-state index contributed by atoms with van der Waals surface area (Å²) < 4.78 is 5.42. The molecule has 0 spiro atoms. The third kappa shape index (κ3) is 2.23. The van der Waals surface area contributed by atoms with E-state index in [-0.39, 0.29) is 6.04 Å². The number of methoxy groups -OCH3 is 1. The zero-order valence-corrected chi connectivity index (χ0v) is 11.6. The number of ether oxygens (including phenoxy) is 1. The Labute approximate surface area is 108 Å². The molecule has 0 saturated carbocycles. The second-order valence-electron chi connectivity index (χ2n) is 5.08. The zero-order valence-electron chi connectivity index (χ0n) is 11.6. The minimum absolute atomic E-state index is 0.236. The maximum absolute atomic E-state index is 5.86. The molecule has 0 aliphatic carbocycles. The van der Waals surface area contributed by atoms with E-state index >= 15 is 0 Å². The molecule has 0 aliphatic rings. The number of nitrogens with two attached hydrogens (primary N) is 1. The number of hydrogen-bond acceptors (Lipinski definition) is 2. The van der Waals surface area contributed by atoms with Crippen LogP contribution in [0.2, 0.25) is 0 Å². The highest BCUT2D eigenvalue weighted by atomic mass is 16.5. The molecule has 0 saturated heterocycles. The van der Waals surface area contributed by atoms with E-state index in [0.717, 1.165) is 24.1 Å². The van der Waals surface area contributed by atoms with Gasteiger partial charge in [0.2, 0.25) is 0 Å². The van der Waals surface area contributed by atoms with Crippen LogP contribution < -0.4 is 10.5 Å². The first-order valence-corrected chi connectivity index (χ1v) is 6.45. The summed E-state index contributed by atoms with van der Waals surface area (Å²) in [7, 11) is 1.71. The van der Waals surface area contributed by atoms with Crippen LogP contribution in [0.5, 0.6) is 5.75 Å². The van der Waals surface area contributed by atoms with Gasteiger partial charge in [-0.3, -0.25) is 0 Å². The largest absolute Gasteiger partial charge is 0.495 e. The second kappa shape index (κ2) is 5.02. The fourth-order valence-electron chi connectivity index (χ4n) is 2.51. The van der Waals surface area contributed by atoms with Gasteiger partial charge in [-0.25, -0.2) is 0 Å². The Morgan fingerprint density at radius 2 is 2.06 bits per heavy atom. The number of benzene rings is 1. The fourth-order valence-corrected chi connectivity index (χ4v) is 2.51. The van der Waals surface area contributed by atoms with Gasteiger partial charge in [-0.2, -0.15) is 0 Å². The topological polar surface area (TPSA) is 51.0 Å². The Balaban J connectivity index is 2.55. The predicted molar refractivity (Wildman–Crippen MR) is 76.3 cm³/mol. The molecule has 1 aromatic carbocycles. The van der Waals surface area contributed by atoms with Crippen LogP contribution in [0.1, 0.15) is 30.2 Å². The van der Waals surface area contributed by atoms with Crippen LogP contribution in [-0.4, -0.2) is 18.1 Å². The molecule has 3 heteroatoms. The summed E-state index contributed by atoms with van der Waals surface area (Å²) in [6.07, 6.45) is 2.02. The van der Waals surface area contributed by atoms with Gasteiger partial charge in [-0.15, -0.1) is 0 Å². The predicted octanol–water partition coefficient (Wildman–Crippen LogP) is 3.07. The number of rotatable bonds is 4. The molecule has 3 N–H and O–H groups in total. The maximum atomic E-state index is 5.86. The van der Waals surface area contributed by atoms with E-state index in [4.69, 9.17) is 10.5 Å². The first kappa shape index (κ1) is 13.0. The fraction of sp³-hybridized carbons (Fsp3) is 0.467. The molecule has 2 rings (SSSR count). The molecule has 2 aromatic rings. The summed E-state index contributed by atoms with van der Waals surface area (Å²) in [4.78, 5) is 3.45. The normalized spacial score (nSPS) is 12.9. The molecule has 98 valence electrons. The summed E-state index contributed by atoms with van der Waals surface area (Å²) in [6, 6.07) is 4.37. The Bertz CT molecular complexity index is 555. The minimum atomic E-state index is 0.236. The lowest BCUT2D eigenvalue weighted by molar-refractivity contribution is 0.419. The summed E-state index contributed by atoms with van der Waals surface area (Å²) >= 11 is 0. The van der Waals surface area contributed by atoms with Crippen molar-refractivity contribution in [3.8, 4) is 5.75 Å². The maximum Gasteiger partial charge on any atom is 0.142 e. The molecule has 3 nitrogen and oxygen atoms in total. The van der Waals surface area contributed by atoms with Gasteiger partial charge in [0.15, 0.2) is 0 Å². The number of hydrogen-bond donors (Lipinski definition) is 2. The number of aryl methyl sites for hydroxylation is 3. The number of nitrogens with one attached hydrogen (secondary N) is 1. The summed E-state index contributed by atoms with van der Waals surface area (Å²) in [5.74, 6) is 0.908. The van der Waals surface area contributed by atoms with Crippen LogP contribution in [0.4, 0.5) is 0 Å². The van der Waals surface area contributed by atoms with Crippen molar-refractivity contribution in [2.24, 2.45) is 5.73 Å². The first-order chi connectivity index (χ1) is 8.54. The van der Waals surface area contributed by atoms with E-state index in [9.17, 15) is 0 Å². The van der Waals surface area contributed by atoms with Crippen LogP contribution in [-0.2, 0) is 6.42 Å². The average Bonchev–Trinajstić information content (AvgIpc) is 2.65. The van der Waals surface area contributed by atoms with Crippen molar-refractivity contribution in [1.82, 2.24) is 4.98 Å². The highest BCUT2D eigenvalue weighted by molar-refractivity contribution is 5.92. The SMILES string of the molecule is COc1ccc(C)c2c(CCC(C)N)c(C)[nH]c12. The van der Waals surface area contributed by atoms with Crippen molar-refractivity contribution in [3.63, 3.8) is 0 Å². The van der Waals surface area contributed by atoms with Crippen molar-refractivity contribution >= 4 is 10.9 Å². The molecular formula is C15H22N2O. The first-order valence-electron chi connectivity index (χ1n) is 6.45. The van der Waals surface area contributed by atoms with Crippen LogP contribution in [0.15, 0.2) is 12.1 Å². The Kier molecular flexibility index (Phi) is 3.62. The summed E-state index contributed by atoms with van der Waals surface area (Å²) in [5, 5.41) is 1.30. The van der Waals surface area contributed by atoms with E-state index in [1.807, 2.05) is 6.07 Å². The van der Waals surface area contributed by atoms with Gasteiger partial charge in [-0.1, -0.05) is 6.07 Å². The van der Waals surface area contributed by atoms with Crippen LogP contribution in [0, 0.1) is 13.8 Å². The summed E-state index contributed by atoms with van der Waals surface area (Å²) in [6.45, 7) is 6.32. The molecule has 0 amide bonds. The van der Waals surface area contributed by atoms with E-state index < -0.39 is 0 Å². The summed E-state index contributed by atoms with van der Waals surface area (Å²) in [5.41, 5.74) is 10.8. The van der Waals surface area contributed by atoms with Crippen LogP contribution in [0.25, 0.3) is 10.9 Å². The smallest absolute Gasteiger partial charge is 0.142 e. The Morgan fingerprint density at radius 3 is 2.67 bits per heavy atom. The van der Waals surface area contributed by atoms with Crippen molar-refractivity contribution in [1.29, 1.82) is 0 Å². The molecule has 18 heavy (non-hydrogen) atoms. The average molecular weight is 246 g/mol. The standard InChI is InChI=1S/C15H22N2O/c1-9-5-8-13(18-4)15-14(9)12(11(3)17-15)7-6-10(2)16/h5,8,10,17H,6-7,16H2,1-4H3. The molecule has 1 unspecified atom stereocenters. The molecule has 1 heterocycles. The van der Waals surface area contributed by atoms with Gasteiger partial charge in [0, 0.05) is 17.1 Å². The molecular weight excluding hydrogens is 224 g/mol. The number of H-pyrrole nitrogens is 1.